The number of carbonyl (C=O) groups is 1. The van der Waals surface area contributed by atoms with Crippen LogP contribution in [0, 0.1) is 5.92 Å². The molecule has 5 nitrogen and oxygen atoms in total. The molecule has 22 heavy (non-hydrogen) atoms. The molecule has 2 aliphatic heterocycles. The molecule has 2 fully saturated rings. The first-order valence-electron chi connectivity index (χ1n) is 8.68. The lowest BCUT2D eigenvalue weighted by atomic mass is 10.0. The molecule has 3 unspecified atom stereocenters. The van der Waals surface area contributed by atoms with Gasteiger partial charge in [0.2, 0.25) is 0 Å². The van der Waals surface area contributed by atoms with Crippen LogP contribution in [0.4, 0.5) is 4.79 Å². The molecule has 3 atom stereocenters. The summed E-state index contributed by atoms with van der Waals surface area (Å²) >= 11 is 0. The topological polar surface area (TPSA) is 50.8 Å². The van der Waals surface area contributed by atoms with Gasteiger partial charge in [0.05, 0.1) is 6.10 Å². The first-order valence-corrected chi connectivity index (χ1v) is 8.68. The van der Waals surface area contributed by atoms with E-state index >= 15 is 0 Å². The summed E-state index contributed by atoms with van der Waals surface area (Å²) in [7, 11) is 0. The van der Waals surface area contributed by atoms with Crippen LogP contribution in [0.2, 0.25) is 0 Å². The highest BCUT2D eigenvalue weighted by molar-refractivity contribution is 5.68. The van der Waals surface area contributed by atoms with Crippen molar-refractivity contribution in [1.82, 2.24) is 10.2 Å². The number of nitrogens with one attached hydrogen (secondary N) is 1. The minimum atomic E-state index is -0.417. The lowest BCUT2D eigenvalue weighted by molar-refractivity contribution is 0.0256. The van der Waals surface area contributed by atoms with Crippen LogP contribution in [0.25, 0.3) is 0 Å². The number of rotatable bonds is 3. The van der Waals surface area contributed by atoms with E-state index in [-0.39, 0.29) is 6.09 Å². The Hall–Kier alpha value is -0.810. The SMILES string of the molecule is CC1OCCC1CNC1CCCN(C(=O)OC(C)(C)C)CC1. The highest BCUT2D eigenvalue weighted by Gasteiger charge is 2.27. The van der Waals surface area contributed by atoms with Crippen LogP contribution in [0.1, 0.15) is 53.4 Å². The van der Waals surface area contributed by atoms with Gasteiger partial charge in [-0.2, -0.15) is 0 Å². The van der Waals surface area contributed by atoms with E-state index in [2.05, 4.69) is 12.2 Å². The summed E-state index contributed by atoms with van der Waals surface area (Å²) < 4.78 is 11.1. The fourth-order valence-corrected chi connectivity index (χ4v) is 3.17. The smallest absolute Gasteiger partial charge is 0.410 e. The summed E-state index contributed by atoms with van der Waals surface area (Å²) in [4.78, 5) is 14.0. The van der Waals surface area contributed by atoms with Crippen molar-refractivity contribution < 1.29 is 14.3 Å². The average Bonchev–Trinajstić information content (AvgIpc) is 2.69. The third kappa shape index (κ3) is 5.43. The van der Waals surface area contributed by atoms with Crippen LogP contribution in [-0.4, -0.2) is 55.0 Å². The Labute approximate surface area is 134 Å². The van der Waals surface area contributed by atoms with E-state index in [0.29, 0.717) is 18.1 Å². The second-order valence-corrected chi connectivity index (χ2v) is 7.63. The molecule has 0 aliphatic carbocycles. The summed E-state index contributed by atoms with van der Waals surface area (Å²) in [5, 5.41) is 3.68. The minimum absolute atomic E-state index is 0.175. The fraction of sp³-hybridized carbons (Fsp3) is 0.941. The van der Waals surface area contributed by atoms with E-state index < -0.39 is 5.60 Å². The predicted octanol–water partition coefficient (Wildman–Crippen LogP) is 2.79. The van der Waals surface area contributed by atoms with Crippen molar-refractivity contribution in [2.24, 2.45) is 5.92 Å². The lowest BCUT2D eigenvalue weighted by Crippen LogP contribution is -2.39. The van der Waals surface area contributed by atoms with Gasteiger partial charge in [-0.3, -0.25) is 0 Å². The average molecular weight is 312 g/mol. The Morgan fingerprint density at radius 2 is 2.05 bits per heavy atom. The zero-order valence-electron chi connectivity index (χ0n) is 14.6. The molecule has 128 valence electrons. The zero-order valence-corrected chi connectivity index (χ0v) is 14.6. The van der Waals surface area contributed by atoms with E-state index in [4.69, 9.17) is 9.47 Å². The lowest BCUT2D eigenvalue weighted by Gasteiger charge is -2.26. The number of hydrogen-bond acceptors (Lipinski definition) is 4. The van der Waals surface area contributed by atoms with Crippen molar-refractivity contribution in [1.29, 1.82) is 0 Å². The number of hydrogen-bond donors (Lipinski definition) is 1. The van der Waals surface area contributed by atoms with Crippen LogP contribution >= 0.6 is 0 Å². The number of amides is 1. The van der Waals surface area contributed by atoms with Gasteiger partial charge >= 0.3 is 6.09 Å². The molecule has 2 heterocycles. The Morgan fingerprint density at radius 3 is 2.68 bits per heavy atom. The van der Waals surface area contributed by atoms with Gasteiger partial charge < -0.3 is 19.7 Å². The van der Waals surface area contributed by atoms with Crippen LogP contribution in [0.5, 0.6) is 0 Å². The molecular formula is C17H32N2O3. The molecule has 0 bridgehead atoms. The minimum Gasteiger partial charge on any atom is -0.444 e. The van der Waals surface area contributed by atoms with Crippen molar-refractivity contribution in [3.8, 4) is 0 Å². The normalized spacial score (nSPS) is 30.2. The molecule has 2 saturated heterocycles. The molecule has 2 aliphatic rings. The molecule has 2 rings (SSSR count). The molecular weight excluding hydrogens is 280 g/mol. The van der Waals surface area contributed by atoms with Gasteiger partial charge in [-0.25, -0.2) is 4.79 Å². The summed E-state index contributed by atoms with van der Waals surface area (Å²) in [5.41, 5.74) is -0.417. The molecule has 1 amide bonds. The molecule has 1 N–H and O–H groups in total. The van der Waals surface area contributed by atoms with Crippen LogP contribution in [0.3, 0.4) is 0 Å². The van der Waals surface area contributed by atoms with Crippen molar-refractivity contribution in [3.05, 3.63) is 0 Å². The van der Waals surface area contributed by atoms with Crippen LogP contribution in [0.15, 0.2) is 0 Å². The number of likely N-dealkylation sites (tertiary alicyclic amines) is 1. The predicted molar refractivity (Wildman–Crippen MR) is 87.0 cm³/mol. The molecule has 5 heteroatoms. The quantitative estimate of drug-likeness (QED) is 0.870. The van der Waals surface area contributed by atoms with Crippen molar-refractivity contribution in [2.75, 3.05) is 26.2 Å². The zero-order chi connectivity index (χ0) is 16.2. The van der Waals surface area contributed by atoms with Crippen molar-refractivity contribution in [2.45, 2.75) is 71.1 Å². The summed E-state index contributed by atoms with van der Waals surface area (Å²) in [6, 6.07) is 0.500. The number of carbonyl (C=O) groups excluding carboxylic acids is 1. The van der Waals surface area contributed by atoms with Crippen molar-refractivity contribution >= 4 is 6.09 Å². The van der Waals surface area contributed by atoms with E-state index in [1.54, 1.807) is 0 Å². The van der Waals surface area contributed by atoms with Crippen LogP contribution in [-0.2, 0) is 9.47 Å². The summed E-state index contributed by atoms with van der Waals surface area (Å²) in [6.07, 6.45) is 4.52. The molecule has 0 spiro atoms. The van der Waals surface area contributed by atoms with E-state index in [9.17, 15) is 4.79 Å². The van der Waals surface area contributed by atoms with Gasteiger partial charge in [0.15, 0.2) is 0 Å². The van der Waals surface area contributed by atoms with Gasteiger partial charge in [-0.15, -0.1) is 0 Å². The van der Waals surface area contributed by atoms with Gasteiger partial charge in [0, 0.05) is 32.3 Å². The standard InChI is InChI=1S/C17H32N2O3/c1-13-14(8-11-21-13)12-18-15-6-5-9-19(10-7-15)16(20)22-17(2,3)4/h13-15,18H,5-12H2,1-4H3. The van der Waals surface area contributed by atoms with Gasteiger partial charge in [-0.05, 0) is 59.3 Å². The highest BCUT2D eigenvalue weighted by Crippen LogP contribution is 2.21. The molecule has 0 aromatic rings. The number of nitrogens with zero attached hydrogens (tertiary/aromatic N) is 1. The maximum Gasteiger partial charge on any atom is 0.410 e. The van der Waals surface area contributed by atoms with Crippen LogP contribution < -0.4 is 5.32 Å². The first-order chi connectivity index (χ1) is 10.3. The van der Waals surface area contributed by atoms with Gasteiger partial charge in [0.1, 0.15) is 5.60 Å². The second-order valence-electron chi connectivity index (χ2n) is 7.63. The van der Waals surface area contributed by atoms with E-state index in [1.807, 2.05) is 25.7 Å². The molecule has 0 aromatic heterocycles. The maximum atomic E-state index is 12.1. The van der Waals surface area contributed by atoms with E-state index in [1.165, 1.54) is 0 Å². The Kier molecular flexibility index (Phi) is 6.09. The third-order valence-electron chi connectivity index (χ3n) is 4.58. The third-order valence-corrected chi connectivity index (χ3v) is 4.58. The summed E-state index contributed by atoms with van der Waals surface area (Å²) in [5.74, 6) is 0.630. The van der Waals surface area contributed by atoms with Gasteiger partial charge in [0.25, 0.3) is 0 Å². The molecule has 0 saturated carbocycles. The Balaban J connectivity index is 1.73. The maximum absolute atomic E-state index is 12.1. The molecule has 0 aromatic carbocycles. The fourth-order valence-electron chi connectivity index (χ4n) is 3.17. The highest BCUT2D eigenvalue weighted by atomic mass is 16.6. The van der Waals surface area contributed by atoms with Gasteiger partial charge in [-0.1, -0.05) is 0 Å². The van der Waals surface area contributed by atoms with E-state index in [0.717, 1.165) is 51.9 Å². The number of ether oxygens (including phenoxy) is 2. The monoisotopic (exact) mass is 312 g/mol. The largest absolute Gasteiger partial charge is 0.444 e. The second kappa shape index (κ2) is 7.64. The summed E-state index contributed by atoms with van der Waals surface area (Å²) in [6.45, 7) is 11.4. The van der Waals surface area contributed by atoms with Crippen molar-refractivity contribution in [3.63, 3.8) is 0 Å². The Morgan fingerprint density at radius 1 is 1.27 bits per heavy atom. The first kappa shape index (κ1) is 17.5. The molecule has 0 radical (unpaired) electrons. The Bertz CT molecular complexity index is 367.